The van der Waals surface area contributed by atoms with E-state index in [0.717, 1.165) is 40.9 Å². The van der Waals surface area contributed by atoms with E-state index < -0.39 is 6.10 Å². The third-order valence-electron chi connectivity index (χ3n) is 4.47. The topological polar surface area (TPSA) is 75.6 Å². The number of nitrogens with zero attached hydrogens (tertiary/aromatic N) is 2. The summed E-state index contributed by atoms with van der Waals surface area (Å²) in [5, 5.41) is 13.7. The lowest BCUT2D eigenvalue weighted by Gasteiger charge is -2.23. The third-order valence-corrected chi connectivity index (χ3v) is 4.47. The van der Waals surface area contributed by atoms with Crippen LogP contribution in [-0.2, 0) is 6.54 Å². The molecule has 2 aromatic rings. The van der Waals surface area contributed by atoms with Gasteiger partial charge in [-0.3, -0.25) is 4.99 Å². The summed E-state index contributed by atoms with van der Waals surface area (Å²) in [4.78, 5) is 6.61. The molecule has 7 heteroatoms. The lowest BCUT2D eigenvalue weighted by Crippen LogP contribution is -2.38. The second-order valence-corrected chi connectivity index (χ2v) is 6.53. The minimum Gasteiger partial charge on any atom is -0.497 e. The van der Waals surface area contributed by atoms with E-state index in [1.54, 1.807) is 7.11 Å². The summed E-state index contributed by atoms with van der Waals surface area (Å²) in [5.74, 6) is 3.03. The molecule has 0 spiro atoms. The van der Waals surface area contributed by atoms with E-state index >= 15 is 0 Å². The summed E-state index contributed by atoms with van der Waals surface area (Å²) in [5.41, 5.74) is 1.90. The molecule has 1 atom stereocenters. The van der Waals surface area contributed by atoms with Crippen molar-refractivity contribution in [1.29, 1.82) is 0 Å². The number of benzene rings is 2. The van der Waals surface area contributed by atoms with Gasteiger partial charge in [0.05, 0.1) is 19.8 Å². The maximum atomic E-state index is 10.5. The number of aliphatic hydroxyl groups is 1. The van der Waals surface area contributed by atoms with E-state index in [9.17, 15) is 5.11 Å². The van der Waals surface area contributed by atoms with Gasteiger partial charge in [0.1, 0.15) is 5.75 Å². The Morgan fingerprint density at radius 2 is 1.96 bits per heavy atom. The van der Waals surface area contributed by atoms with Crippen LogP contribution in [0.4, 0.5) is 0 Å². The van der Waals surface area contributed by atoms with Gasteiger partial charge in [-0.15, -0.1) is 0 Å². The van der Waals surface area contributed by atoms with Crippen LogP contribution in [0.1, 0.15) is 24.2 Å². The molecule has 0 fully saturated rings. The van der Waals surface area contributed by atoms with Crippen LogP contribution >= 0.6 is 0 Å². The highest BCUT2D eigenvalue weighted by Crippen LogP contribution is 2.32. The zero-order valence-electron chi connectivity index (χ0n) is 16.5. The lowest BCUT2D eigenvalue weighted by atomic mass is 10.1. The number of aliphatic imine (C=N–C) groups is 1. The van der Waals surface area contributed by atoms with Gasteiger partial charge < -0.3 is 29.5 Å². The Labute approximate surface area is 165 Å². The van der Waals surface area contributed by atoms with Gasteiger partial charge in [0.25, 0.3) is 0 Å². The molecule has 0 aromatic heterocycles. The first-order valence-corrected chi connectivity index (χ1v) is 9.30. The first kappa shape index (κ1) is 19.8. The fourth-order valence-corrected chi connectivity index (χ4v) is 2.96. The Hall–Kier alpha value is -2.93. The fraction of sp³-hybridized carbons (Fsp3) is 0.381. The van der Waals surface area contributed by atoms with Crippen LogP contribution in [0.15, 0.2) is 47.5 Å². The maximum absolute atomic E-state index is 10.5. The molecule has 150 valence electrons. The number of rotatable bonds is 7. The average Bonchev–Trinajstić information content (AvgIpc) is 3.18. The van der Waals surface area contributed by atoms with Gasteiger partial charge in [0.2, 0.25) is 6.79 Å². The number of hydrogen-bond donors (Lipinski definition) is 2. The van der Waals surface area contributed by atoms with Crippen molar-refractivity contribution in [1.82, 2.24) is 10.2 Å². The van der Waals surface area contributed by atoms with Crippen LogP contribution in [0, 0.1) is 0 Å². The predicted molar refractivity (Wildman–Crippen MR) is 108 cm³/mol. The number of guanidine groups is 1. The van der Waals surface area contributed by atoms with Crippen molar-refractivity contribution < 1.29 is 19.3 Å². The molecule has 28 heavy (non-hydrogen) atoms. The molecule has 0 saturated carbocycles. The number of nitrogens with one attached hydrogen (secondary N) is 1. The highest BCUT2D eigenvalue weighted by atomic mass is 16.7. The summed E-state index contributed by atoms with van der Waals surface area (Å²) < 4.78 is 16.0. The number of ether oxygens (including phenoxy) is 3. The molecule has 7 nitrogen and oxygen atoms in total. The zero-order valence-corrected chi connectivity index (χ0v) is 16.5. The number of methoxy groups -OCH3 is 1. The van der Waals surface area contributed by atoms with Gasteiger partial charge in [-0.25, -0.2) is 0 Å². The van der Waals surface area contributed by atoms with Crippen LogP contribution < -0.4 is 19.5 Å². The van der Waals surface area contributed by atoms with E-state index in [-0.39, 0.29) is 13.3 Å². The van der Waals surface area contributed by atoms with Crippen molar-refractivity contribution in [2.24, 2.45) is 4.99 Å². The second kappa shape index (κ2) is 9.32. The molecule has 0 aliphatic carbocycles. The minimum absolute atomic E-state index is 0.264. The van der Waals surface area contributed by atoms with Crippen molar-refractivity contribution in [3.8, 4) is 17.2 Å². The molecule has 0 bridgehead atoms. The van der Waals surface area contributed by atoms with Crippen LogP contribution in [0.5, 0.6) is 17.2 Å². The molecular weight excluding hydrogens is 358 g/mol. The molecule has 2 aromatic carbocycles. The van der Waals surface area contributed by atoms with Crippen molar-refractivity contribution in [2.45, 2.75) is 19.6 Å². The molecular formula is C21H27N3O4. The van der Waals surface area contributed by atoms with Crippen LogP contribution in [0.2, 0.25) is 0 Å². The Bertz CT molecular complexity index is 808. The highest BCUT2D eigenvalue weighted by molar-refractivity contribution is 5.79. The van der Waals surface area contributed by atoms with Crippen molar-refractivity contribution >= 4 is 5.96 Å². The second-order valence-electron chi connectivity index (χ2n) is 6.53. The summed E-state index contributed by atoms with van der Waals surface area (Å²) in [6, 6.07) is 13.3. The monoisotopic (exact) mass is 385 g/mol. The zero-order chi connectivity index (χ0) is 19.9. The summed E-state index contributed by atoms with van der Waals surface area (Å²) in [6.07, 6.45) is -0.682. The van der Waals surface area contributed by atoms with E-state index in [0.29, 0.717) is 6.54 Å². The Morgan fingerprint density at radius 1 is 1.21 bits per heavy atom. The van der Waals surface area contributed by atoms with Gasteiger partial charge in [-0.05, 0) is 42.3 Å². The maximum Gasteiger partial charge on any atom is 0.231 e. The molecule has 1 unspecified atom stereocenters. The molecule has 2 N–H and O–H groups in total. The Balaban J connectivity index is 1.65. The van der Waals surface area contributed by atoms with Crippen molar-refractivity contribution in [3.05, 3.63) is 53.6 Å². The van der Waals surface area contributed by atoms with Gasteiger partial charge in [0.15, 0.2) is 17.5 Å². The van der Waals surface area contributed by atoms with E-state index in [1.807, 2.05) is 61.3 Å². The van der Waals surface area contributed by atoms with Gasteiger partial charge in [-0.1, -0.05) is 18.2 Å². The van der Waals surface area contributed by atoms with Crippen molar-refractivity contribution in [3.63, 3.8) is 0 Å². The van der Waals surface area contributed by atoms with Gasteiger partial charge in [0, 0.05) is 20.1 Å². The Kier molecular flexibility index (Phi) is 6.60. The normalized spacial score (nSPS) is 13.9. The molecule has 3 rings (SSSR count). The van der Waals surface area contributed by atoms with E-state index in [4.69, 9.17) is 14.2 Å². The molecule has 1 heterocycles. The summed E-state index contributed by atoms with van der Waals surface area (Å²) >= 11 is 0. The molecule has 0 radical (unpaired) electrons. The fourth-order valence-electron chi connectivity index (χ4n) is 2.96. The van der Waals surface area contributed by atoms with Gasteiger partial charge >= 0.3 is 0 Å². The standard InChI is InChI=1S/C21H27N3O4/c1-4-22-21(23-12-18(25)16-6-8-17(26-3)9-7-16)24(2)13-15-5-10-19-20(11-15)28-14-27-19/h5-11,18,25H,4,12-14H2,1-3H3,(H,22,23). The minimum atomic E-state index is -0.682. The first-order chi connectivity index (χ1) is 13.6. The SMILES string of the molecule is CCNC(=NCC(O)c1ccc(OC)cc1)N(C)Cc1ccc2c(c1)OCO2. The number of hydrogen-bond acceptors (Lipinski definition) is 5. The van der Waals surface area contributed by atoms with E-state index in [2.05, 4.69) is 10.3 Å². The number of aliphatic hydroxyl groups excluding tert-OH is 1. The molecule has 0 saturated heterocycles. The largest absolute Gasteiger partial charge is 0.497 e. The molecule has 0 amide bonds. The lowest BCUT2D eigenvalue weighted by molar-refractivity contribution is 0.174. The van der Waals surface area contributed by atoms with Crippen LogP contribution in [0.25, 0.3) is 0 Å². The molecule has 1 aliphatic heterocycles. The molecule has 1 aliphatic rings. The van der Waals surface area contributed by atoms with Gasteiger partial charge in [-0.2, -0.15) is 0 Å². The predicted octanol–water partition coefficient (Wildman–Crippen LogP) is 2.55. The highest BCUT2D eigenvalue weighted by Gasteiger charge is 2.15. The smallest absolute Gasteiger partial charge is 0.231 e. The average molecular weight is 385 g/mol. The quantitative estimate of drug-likeness (QED) is 0.564. The first-order valence-electron chi connectivity index (χ1n) is 9.30. The Morgan fingerprint density at radius 3 is 2.68 bits per heavy atom. The van der Waals surface area contributed by atoms with Crippen molar-refractivity contribution in [2.75, 3.05) is 34.0 Å². The summed E-state index contributed by atoms with van der Waals surface area (Å²) in [7, 11) is 3.58. The van der Waals surface area contributed by atoms with Crippen LogP contribution in [-0.4, -0.2) is 50.0 Å². The third kappa shape index (κ3) is 4.86. The van der Waals surface area contributed by atoms with E-state index in [1.165, 1.54) is 0 Å². The summed E-state index contributed by atoms with van der Waals surface area (Å²) in [6.45, 7) is 3.94. The number of fused-ring (bicyclic) bond motifs is 1. The van der Waals surface area contributed by atoms with Crippen LogP contribution in [0.3, 0.4) is 0 Å².